The number of nitrogens with two attached hydrogens (primary N) is 1. The first-order valence-electron chi connectivity index (χ1n) is 7.96. The van der Waals surface area contributed by atoms with Gasteiger partial charge in [-0.05, 0) is 37.5 Å². The third kappa shape index (κ3) is 2.68. The Morgan fingerprint density at radius 3 is 2.85 bits per heavy atom. The van der Waals surface area contributed by atoms with Crippen molar-refractivity contribution in [2.75, 3.05) is 26.2 Å². The Hall–Kier alpha value is -1.10. The van der Waals surface area contributed by atoms with E-state index < -0.39 is 0 Å². The van der Waals surface area contributed by atoms with Crippen LogP contribution < -0.4 is 5.73 Å². The summed E-state index contributed by atoms with van der Waals surface area (Å²) in [6, 6.07) is 0.262. The topological polar surface area (TPSA) is 66.6 Å². The van der Waals surface area contributed by atoms with Crippen LogP contribution in [-0.2, 0) is 9.59 Å². The van der Waals surface area contributed by atoms with Crippen LogP contribution in [0.15, 0.2) is 0 Å². The number of carbonyl (C=O) groups is 2. The van der Waals surface area contributed by atoms with Crippen molar-refractivity contribution in [3.05, 3.63) is 0 Å². The first-order chi connectivity index (χ1) is 9.65. The molecule has 0 radical (unpaired) electrons. The fourth-order valence-corrected chi connectivity index (χ4v) is 3.98. The molecule has 2 heterocycles. The Balaban J connectivity index is 1.56. The molecule has 1 saturated carbocycles. The molecule has 2 amide bonds. The Morgan fingerprint density at radius 2 is 2.05 bits per heavy atom. The fraction of sp³-hybridized carbons (Fsp3) is 0.867. The van der Waals surface area contributed by atoms with Gasteiger partial charge in [0, 0.05) is 32.1 Å². The van der Waals surface area contributed by atoms with Crippen LogP contribution in [-0.4, -0.2) is 53.8 Å². The van der Waals surface area contributed by atoms with E-state index in [1.807, 2.05) is 4.90 Å². The summed E-state index contributed by atoms with van der Waals surface area (Å²) in [5, 5.41) is 0. The van der Waals surface area contributed by atoms with Gasteiger partial charge in [-0.3, -0.25) is 9.59 Å². The first-order valence-corrected chi connectivity index (χ1v) is 7.96. The molecule has 0 spiro atoms. The van der Waals surface area contributed by atoms with Crippen LogP contribution >= 0.6 is 0 Å². The predicted molar refractivity (Wildman–Crippen MR) is 75.8 cm³/mol. The second-order valence-electron chi connectivity index (χ2n) is 6.59. The molecule has 3 rings (SSSR count). The Bertz CT molecular complexity index is 399. The fourth-order valence-electron chi connectivity index (χ4n) is 3.98. The highest BCUT2D eigenvalue weighted by molar-refractivity contribution is 5.85. The number of amides is 2. The lowest BCUT2D eigenvalue weighted by Gasteiger charge is -2.24. The zero-order valence-corrected chi connectivity index (χ0v) is 12.1. The van der Waals surface area contributed by atoms with Gasteiger partial charge in [-0.1, -0.05) is 6.42 Å². The summed E-state index contributed by atoms with van der Waals surface area (Å²) in [6.45, 7) is 2.66. The van der Waals surface area contributed by atoms with Gasteiger partial charge in [0.25, 0.3) is 0 Å². The van der Waals surface area contributed by atoms with Crippen LogP contribution in [0.1, 0.15) is 38.5 Å². The standard InChI is InChI=1S/C15H25N3O2/c16-13-6-5-11-8-18(9-12(11)13)15(20)10-17-7-3-1-2-4-14(17)19/h11-13H,1-10,16H2. The maximum Gasteiger partial charge on any atom is 0.242 e. The summed E-state index contributed by atoms with van der Waals surface area (Å²) in [6.07, 6.45) is 5.93. The molecule has 2 N–H and O–H groups in total. The zero-order valence-electron chi connectivity index (χ0n) is 12.1. The second-order valence-corrected chi connectivity index (χ2v) is 6.59. The molecule has 5 heteroatoms. The minimum Gasteiger partial charge on any atom is -0.341 e. The molecule has 0 aromatic heterocycles. The minimum absolute atomic E-state index is 0.113. The van der Waals surface area contributed by atoms with Crippen LogP contribution in [0.25, 0.3) is 0 Å². The van der Waals surface area contributed by atoms with Gasteiger partial charge in [-0.15, -0.1) is 0 Å². The molecule has 0 bridgehead atoms. The molecule has 0 aromatic carbocycles. The van der Waals surface area contributed by atoms with Gasteiger partial charge in [0.15, 0.2) is 0 Å². The molecular formula is C15H25N3O2. The maximum absolute atomic E-state index is 12.4. The number of hydrogen-bond donors (Lipinski definition) is 1. The number of nitrogens with zero attached hydrogens (tertiary/aromatic N) is 2. The Kier molecular flexibility index (Phi) is 3.96. The molecule has 1 aliphatic carbocycles. The van der Waals surface area contributed by atoms with E-state index in [9.17, 15) is 9.59 Å². The summed E-state index contributed by atoms with van der Waals surface area (Å²) >= 11 is 0. The van der Waals surface area contributed by atoms with Crippen LogP contribution in [0.4, 0.5) is 0 Å². The molecule has 2 saturated heterocycles. The lowest BCUT2D eigenvalue weighted by molar-refractivity contribution is -0.139. The lowest BCUT2D eigenvalue weighted by Crippen LogP contribution is -2.42. The molecule has 3 atom stereocenters. The normalized spacial score (nSPS) is 34.2. The summed E-state index contributed by atoms with van der Waals surface area (Å²) in [7, 11) is 0. The lowest BCUT2D eigenvalue weighted by atomic mass is 9.98. The van der Waals surface area contributed by atoms with Crippen molar-refractivity contribution >= 4 is 11.8 Å². The SMILES string of the molecule is NC1CCC2CN(C(=O)CN3CCCCCC3=O)CC12. The highest BCUT2D eigenvalue weighted by Gasteiger charge is 2.42. The van der Waals surface area contributed by atoms with Gasteiger partial charge in [-0.25, -0.2) is 0 Å². The van der Waals surface area contributed by atoms with Crippen molar-refractivity contribution in [2.45, 2.75) is 44.6 Å². The van der Waals surface area contributed by atoms with E-state index in [2.05, 4.69) is 0 Å². The summed E-state index contributed by atoms with van der Waals surface area (Å²) in [5.41, 5.74) is 6.11. The molecule has 20 heavy (non-hydrogen) atoms. The van der Waals surface area contributed by atoms with E-state index in [1.165, 1.54) is 0 Å². The van der Waals surface area contributed by atoms with Gasteiger partial charge in [0.2, 0.25) is 11.8 Å². The van der Waals surface area contributed by atoms with E-state index in [0.717, 1.165) is 51.7 Å². The second kappa shape index (κ2) is 5.72. The number of likely N-dealkylation sites (tertiary alicyclic amines) is 2. The number of carbonyl (C=O) groups excluding carboxylic acids is 2. The zero-order chi connectivity index (χ0) is 14.1. The van der Waals surface area contributed by atoms with Gasteiger partial charge in [0.1, 0.15) is 0 Å². The molecule has 112 valence electrons. The Morgan fingerprint density at radius 1 is 1.20 bits per heavy atom. The van der Waals surface area contributed by atoms with Crippen molar-refractivity contribution in [3.8, 4) is 0 Å². The molecule has 2 aliphatic heterocycles. The summed E-state index contributed by atoms with van der Waals surface area (Å²) in [5.74, 6) is 1.33. The quantitative estimate of drug-likeness (QED) is 0.804. The highest BCUT2D eigenvalue weighted by atomic mass is 16.2. The van der Waals surface area contributed by atoms with Crippen LogP contribution in [0.5, 0.6) is 0 Å². The average molecular weight is 279 g/mol. The van der Waals surface area contributed by atoms with Crippen LogP contribution in [0.3, 0.4) is 0 Å². The largest absolute Gasteiger partial charge is 0.341 e. The van der Waals surface area contributed by atoms with Gasteiger partial charge >= 0.3 is 0 Å². The molecular weight excluding hydrogens is 254 g/mol. The van der Waals surface area contributed by atoms with Crippen molar-refractivity contribution in [1.29, 1.82) is 0 Å². The van der Waals surface area contributed by atoms with Gasteiger partial charge < -0.3 is 15.5 Å². The van der Waals surface area contributed by atoms with Crippen molar-refractivity contribution < 1.29 is 9.59 Å². The van der Waals surface area contributed by atoms with Crippen molar-refractivity contribution in [2.24, 2.45) is 17.6 Å². The number of rotatable bonds is 2. The van der Waals surface area contributed by atoms with Gasteiger partial charge in [0.05, 0.1) is 6.54 Å². The van der Waals surface area contributed by atoms with E-state index in [4.69, 9.17) is 5.73 Å². The third-order valence-electron chi connectivity index (χ3n) is 5.26. The molecule has 3 fully saturated rings. The van der Waals surface area contributed by atoms with Gasteiger partial charge in [-0.2, -0.15) is 0 Å². The monoisotopic (exact) mass is 279 g/mol. The highest BCUT2D eigenvalue weighted by Crippen LogP contribution is 2.37. The van der Waals surface area contributed by atoms with Crippen LogP contribution in [0.2, 0.25) is 0 Å². The summed E-state index contributed by atoms with van der Waals surface area (Å²) < 4.78 is 0. The predicted octanol–water partition coefficient (Wildman–Crippen LogP) is 0.585. The Labute approximate surface area is 120 Å². The molecule has 3 aliphatic rings. The average Bonchev–Trinajstić information content (AvgIpc) is 2.93. The third-order valence-corrected chi connectivity index (χ3v) is 5.26. The molecule has 0 aromatic rings. The number of hydrogen-bond acceptors (Lipinski definition) is 3. The van der Waals surface area contributed by atoms with E-state index in [1.54, 1.807) is 4.90 Å². The van der Waals surface area contributed by atoms with Crippen molar-refractivity contribution in [3.63, 3.8) is 0 Å². The first kappa shape index (κ1) is 13.9. The summed E-state index contributed by atoms with van der Waals surface area (Å²) in [4.78, 5) is 28.0. The van der Waals surface area contributed by atoms with Crippen molar-refractivity contribution in [1.82, 2.24) is 9.80 Å². The molecule has 3 unspecified atom stereocenters. The molecule has 5 nitrogen and oxygen atoms in total. The number of fused-ring (bicyclic) bond motifs is 1. The van der Waals surface area contributed by atoms with E-state index in [-0.39, 0.29) is 24.4 Å². The van der Waals surface area contributed by atoms with E-state index >= 15 is 0 Å². The van der Waals surface area contributed by atoms with E-state index in [0.29, 0.717) is 18.3 Å². The van der Waals surface area contributed by atoms with Crippen LogP contribution in [0, 0.1) is 11.8 Å². The maximum atomic E-state index is 12.4. The minimum atomic E-state index is 0.113. The smallest absolute Gasteiger partial charge is 0.242 e.